The Labute approximate surface area is 250 Å². The standard InChI is InChI=1S/C29H23N9O7/c1-37-19-8-13(2-7-21(19)44-29(37)43)11-31-26(40)18-10-20(38-12-32-22(23(30)39)25(38)33-18)27(41)34-17-6-4-14-9-15(3-5-16(14)17)24-35-28(42)45-36-24/h2-3,5,7-10,12,17H,4,6,11H2,1H3,(H2,30,39)(H,31,40)(H,34,41)(H,35,36,42)/t17-/m0/s1. The topological polar surface area (TPSA) is 226 Å². The van der Waals surface area contributed by atoms with Crippen LogP contribution in [0.3, 0.4) is 0 Å². The molecule has 4 heterocycles. The van der Waals surface area contributed by atoms with Gasteiger partial charge >= 0.3 is 11.5 Å². The highest BCUT2D eigenvalue weighted by molar-refractivity contribution is 6.01. The molecule has 0 fully saturated rings. The Morgan fingerprint density at radius 2 is 1.96 bits per heavy atom. The Balaban J connectivity index is 1.16. The molecule has 226 valence electrons. The summed E-state index contributed by atoms with van der Waals surface area (Å²) in [5, 5.41) is 9.48. The molecular formula is C29H23N9O7. The highest BCUT2D eigenvalue weighted by Gasteiger charge is 2.28. The first-order valence-electron chi connectivity index (χ1n) is 13.7. The van der Waals surface area contributed by atoms with Crippen molar-refractivity contribution >= 4 is 34.5 Å². The van der Waals surface area contributed by atoms with Crippen LogP contribution in [0.25, 0.3) is 28.1 Å². The number of amides is 3. The molecule has 0 saturated heterocycles. The van der Waals surface area contributed by atoms with Crippen LogP contribution in [0.2, 0.25) is 0 Å². The third-order valence-corrected chi connectivity index (χ3v) is 7.75. The first kappa shape index (κ1) is 27.5. The number of hydrogen-bond donors (Lipinski definition) is 4. The molecule has 7 rings (SSSR count). The molecule has 0 radical (unpaired) electrons. The van der Waals surface area contributed by atoms with Crippen LogP contribution in [-0.4, -0.2) is 46.8 Å². The minimum absolute atomic E-state index is 0.0187. The molecular weight excluding hydrogens is 586 g/mol. The molecule has 4 aromatic heterocycles. The van der Waals surface area contributed by atoms with Crippen molar-refractivity contribution in [3.8, 4) is 11.4 Å². The van der Waals surface area contributed by atoms with Crippen molar-refractivity contribution in [3.63, 3.8) is 0 Å². The lowest BCUT2D eigenvalue weighted by Crippen LogP contribution is -2.30. The largest absolute Gasteiger partial charge is 0.439 e. The van der Waals surface area contributed by atoms with Gasteiger partial charge in [-0.2, -0.15) is 0 Å². The number of fused-ring (bicyclic) bond motifs is 3. The van der Waals surface area contributed by atoms with E-state index in [0.29, 0.717) is 40.9 Å². The van der Waals surface area contributed by atoms with Crippen LogP contribution < -0.4 is 27.9 Å². The maximum absolute atomic E-state index is 13.7. The van der Waals surface area contributed by atoms with Gasteiger partial charge in [-0.05, 0) is 53.8 Å². The van der Waals surface area contributed by atoms with E-state index in [1.807, 2.05) is 12.1 Å². The Kier molecular flexibility index (Phi) is 6.38. The summed E-state index contributed by atoms with van der Waals surface area (Å²) >= 11 is 0. The molecule has 16 heteroatoms. The van der Waals surface area contributed by atoms with Gasteiger partial charge in [-0.15, -0.1) is 0 Å². The van der Waals surface area contributed by atoms with E-state index in [0.717, 1.165) is 11.1 Å². The van der Waals surface area contributed by atoms with E-state index in [1.165, 1.54) is 21.4 Å². The van der Waals surface area contributed by atoms with Crippen molar-refractivity contribution < 1.29 is 23.3 Å². The maximum Gasteiger partial charge on any atom is 0.439 e. The number of H-pyrrole nitrogens is 1. The second-order valence-electron chi connectivity index (χ2n) is 10.5. The number of carbonyl (C=O) groups is 3. The smallest absolute Gasteiger partial charge is 0.408 e. The highest BCUT2D eigenvalue weighted by Crippen LogP contribution is 2.33. The zero-order valence-corrected chi connectivity index (χ0v) is 23.5. The van der Waals surface area contributed by atoms with Gasteiger partial charge in [0.15, 0.2) is 22.7 Å². The Morgan fingerprint density at radius 3 is 2.73 bits per heavy atom. The summed E-state index contributed by atoms with van der Waals surface area (Å²) in [5.74, 6) is -2.88. The Morgan fingerprint density at radius 1 is 1.11 bits per heavy atom. The monoisotopic (exact) mass is 609 g/mol. The van der Waals surface area contributed by atoms with Gasteiger partial charge in [0.25, 0.3) is 17.7 Å². The molecule has 1 atom stereocenters. The second kappa shape index (κ2) is 10.4. The fraction of sp³-hybridized carbons (Fsp3) is 0.172. The molecule has 16 nitrogen and oxygen atoms in total. The van der Waals surface area contributed by atoms with Gasteiger partial charge in [0.05, 0.1) is 11.6 Å². The molecule has 1 aliphatic rings. The minimum Gasteiger partial charge on any atom is -0.408 e. The summed E-state index contributed by atoms with van der Waals surface area (Å²) in [5.41, 5.74) is 9.32. The third kappa shape index (κ3) is 4.83. The van der Waals surface area contributed by atoms with E-state index in [1.54, 1.807) is 31.3 Å². The van der Waals surface area contributed by atoms with Gasteiger partial charge in [-0.1, -0.05) is 23.4 Å². The maximum atomic E-state index is 13.7. The van der Waals surface area contributed by atoms with E-state index < -0.39 is 29.2 Å². The molecule has 0 aliphatic heterocycles. The van der Waals surface area contributed by atoms with Crippen LogP contribution in [0.1, 0.15) is 60.6 Å². The van der Waals surface area contributed by atoms with Crippen LogP contribution in [-0.2, 0) is 20.0 Å². The van der Waals surface area contributed by atoms with Crippen molar-refractivity contribution in [2.75, 3.05) is 0 Å². The van der Waals surface area contributed by atoms with Crippen molar-refractivity contribution in [1.82, 2.24) is 39.7 Å². The van der Waals surface area contributed by atoms with Gasteiger partial charge in [0.2, 0.25) is 0 Å². The molecule has 5 N–H and O–H groups in total. The molecule has 2 aromatic carbocycles. The number of carbonyl (C=O) groups excluding carboxylic acids is 3. The number of aryl methyl sites for hydroxylation is 2. The molecule has 3 amide bonds. The number of aromatic nitrogens is 6. The van der Waals surface area contributed by atoms with Crippen LogP contribution in [0.15, 0.2) is 67.3 Å². The van der Waals surface area contributed by atoms with E-state index >= 15 is 0 Å². The van der Waals surface area contributed by atoms with Crippen molar-refractivity contribution in [1.29, 1.82) is 0 Å². The zero-order valence-electron chi connectivity index (χ0n) is 23.5. The number of primary amides is 1. The van der Waals surface area contributed by atoms with Crippen molar-refractivity contribution in [3.05, 3.63) is 104 Å². The third-order valence-electron chi connectivity index (χ3n) is 7.75. The quantitative estimate of drug-likeness (QED) is 0.200. The van der Waals surface area contributed by atoms with E-state index in [4.69, 9.17) is 10.2 Å². The fourth-order valence-corrected chi connectivity index (χ4v) is 5.49. The second-order valence-corrected chi connectivity index (χ2v) is 10.5. The summed E-state index contributed by atoms with van der Waals surface area (Å²) in [6, 6.07) is 11.5. The van der Waals surface area contributed by atoms with Crippen molar-refractivity contribution in [2.45, 2.75) is 25.4 Å². The lowest BCUT2D eigenvalue weighted by Gasteiger charge is -2.16. The number of imidazole rings is 1. The van der Waals surface area contributed by atoms with Crippen LogP contribution in [0.4, 0.5) is 0 Å². The average molecular weight is 610 g/mol. The van der Waals surface area contributed by atoms with Crippen molar-refractivity contribution in [2.24, 2.45) is 12.8 Å². The number of rotatable bonds is 7. The number of aromatic amines is 1. The summed E-state index contributed by atoms with van der Waals surface area (Å²) in [6.07, 6.45) is 2.51. The Hall–Kier alpha value is -6.32. The van der Waals surface area contributed by atoms with Gasteiger partial charge in [0.1, 0.15) is 17.7 Å². The predicted molar refractivity (Wildman–Crippen MR) is 155 cm³/mol. The number of benzene rings is 2. The zero-order chi connectivity index (χ0) is 31.4. The van der Waals surface area contributed by atoms with E-state index in [-0.39, 0.29) is 35.3 Å². The molecule has 1 aliphatic carbocycles. The van der Waals surface area contributed by atoms with Gasteiger partial charge in [-0.25, -0.2) is 19.6 Å². The lowest BCUT2D eigenvalue weighted by atomic mass is 10.0. The van der Waals surface area contributed by atoms with Crippen LogP contribution in [0.5, 0.6) is 0 Å². The van der Waals surface area contributed by atoms with Gasteiger partial charge in [-0.3, -0.25) is 32.9 Å². The highest BCUT2D eigenvalue weighted by atomic mass is 16.5. The predicted octanol–water partition coefficient (Wildman–Crippen LogP) is 0.964. The van der Waals surface area contributed by atoms with Gasteiger partial charge < -0.3 is 20.8 Å². The molecule has 45 heavy (non-hydrogen) atoms. The summed E-state index contributed by atoms with van der Waals surface area (Å²) in [4.78, 5) is 73.0. The number of oxazole rings is 1. The average Bonchev–Trinajstić information content (AvgIpc) is 3.81. The SMILES string of the molecule is Cn1c(=O)oc2ccc(CNC(=O)c3cc(C(=O)N[C@H]4CCc5cc(-c6noc(=O)[nH]6)ccc54)n4cnc(C(N)=O)c4n3)cc21. The van der Waals surface area contributed by atoms with Crippen LogP contribution >= 0.6 is 0 Å². The summed E-state index contributed by atoms with van der Waals surface area (Å²) in [6.45, 7) is 0.0769. The number of nitrogens with one attached hydrogen (secondary N) is 3. The molecule has 0 spiro atoms. The number of nitrogens with two attached hydrogens (primary N) is 1. The Bertz CT molecular complexity index is 2310. The molecule has 0 unspecified atom stereocenters. The number of hydrogen-bond acceptors (Lipinski definition) is 10. The van der Waals surface area contributed by atoms with Crippen LogP contribution in [0, 0.1) is 0 Å². The molecule has 0 bridgehead atoms. The number of nitrogens with zero attached hydrogens (tertiary/aromatic N) is 5. The fourth-order valence-electron chi connectivity index (χ4n) is 5.49. The first-order valence-corrected chi connectivity index (χ1v) is 13.7. The molecule has 0 saturated carbocycles. The first-order chi connectivity index (χ1) is 21.7. The lowest BCUT2D eigenvalue weighted by molar-refractivity contribution is 0.0928. The molecule has 6 aromatic rings. The summed E-state index contributed by atoms with van der Waals surface area (Å²) < 4.78 is 12.4. The van der Waals surface area contributed by atoms with Gasteiger partial charge in [0, 0.05) is 19.2 Å². The van der Waals surface area contributed by atoms with E-state index in [9.17, 15) is 24.0 Å². The summed E-state index contributed by atoms with van der Waals surface area (Å²) in [7, 11) is 1.58. The van der Waals surface area contributed by atoms with E-state index in [2.05, 4.69) is 35.3 Å². The minimum atomic E-state index is -0.873. The normalized spacial score (nSPS) is 14.1.